The standard InChI is InChI=1S/C25H31N7O2/c1-29(2)22(33)17-32-23(34)31(20-15-27-21(14-26)28-16-20)18-24(32)10-12-25(13-11-24,30(3)4)19-8-6-5-7-9-19/h5-9,15-16H,10-13,17-18H2,1-4H3/t24-,25+. The molecule has 0 radical (unpaired) electrons. The molecule has 2 aliphatic rings. The number of hydrogen-bond acceptors (Lipinski definition) is 6. The Balaban J connectivity index is 1.67. The molecule has 2 fully saturated rings. The highest BCUT2D eigenvalue weighted by Crippen LogP contribution is 2.49. The highest BCUT2D eigenvalue weighted by Gasteiger charge is 2.55. The van der Waals surface area contributed by atoms with Gasteiger partial charge in [0.05, 0.1) is 30.2 Å². The molecule has 1 spiro atoms. The van der Waals surface area contributed by atoms with Gasteiger partial charge >= 0.3 is 6.03 Å². The number of amides is 3. The van der Waals surface area contributed by atoms with Crippen LogP contribution in [0.3, 0.4) is 0 Å². The van der Waals surface area contributed by atoms with E-state index in [1.165, 1.54) is 22.9 Å². The van der Waals surface area contributed by atoms with Gasteiger partial charge in [-0.2, -0.15) is 5.26 Å². The minimum Gasteiger partial charge on any atom is -0.347 e. The van der Waals surface area contributed by atoms with Crippen molar-refractivity contribution >= 4 is 17.6 Å². The van der Waals surface area contributed by atoms with E-state index in [0.29, 0.717) is 12.2 Å². The third kappa shape index (κ3) is 3.99. The van der Waals surface area contributed by atoms with E-state index >= 15 is 0 Å². The second-order valence-corrected chi connectivity index (χ2v) is 9.64. The van der Waals surface area contributed by atoms with Gasteiger partial charge in [0.15, 0.2) is 0 Å². The van der Waals surface area contributed by atoms with Gasteiger partial charge in [0.25, 0.3) is 0 Å². The minimum absolute atomic E-state index is 0.0276. The number of benzene rings is 1. The highest BCUT2D eigenvalue weighted by molar-refractivity contribution is 5.97. The van der Waals surface area contributed by atoms with Crippen LogP contribution in [0, 0.1) is 11.3 Å². The van der Waals surface area contributed by atoms with Crippen molar-refractivity contribution in [3.05, 3.63) is 54.1 Å². The van der Waals surface area contributed by atoms with Crippen LogP contribution in [0.15, 0.2) is 42.7 Å². The van der Waals surface area contributed by atoms with Gasteiger partial charge in [-0.25, -0.2) is 14.8 Å². The summed E-state index contributed by atoms with van der Waals surface area (Å²) in [6.07, 6.45) is 6.26. The summed E-state index contributed by atoms with van der Waals surface area (Å²) in [5, 5.41) is 9.02. The summed E-state index contributed by atoms with van der Waals surface area (Å²) in [5.41, 5.74) is 1.21. The molecule has 178 valence electrons. The fourth-order valence-corrected chi connectivity index (χ4v) is 5.33. The number of carbonyl (C=O) groups excluding carboxylic acids is 2. The van der Waals surface area contributed by atoms with Crippen molar-refractivity contribution in [3.63, 3.8) is 0 Å². The molecule has 1 aromatic heterocycles. The molecule has 9 nitrogen and oxygen atoms in total. The summed E-state index contributed by atoms with van der Waals surface area (Å²) in [7, 11) is 7.63. The van der Waals surface area contributed by atoms with Crippen LogP contribution in [0.5, 0.6) is 0 Å². The second-order valence-electron chi connectivity index (χ2n) is 9.64. The molecule has 1 aliphatic heterocycles. The van der Waals surface area contributed by atoms with Crippen molar-refractivity contribution in [2.24, 2.45) is 0 Å². The zero-order valence-corrected chi connectivity index (χ0v) is 20.2. The maximum absolute atomic E-state index is 13.6. The molecule has 3 amide bonds. The molecule has 0 N–H and O–H groups in total. The van der Waals surface area contributed by atoms with Crippen LogP contribution in [-0.4, -0.2) is 83.4 Å². The van der Waals surface area contributed by atoms with Crippen LogP contribution in [0.25, 0.3) is 0 Å². The summed E-state index contributed by atoms with van der Waals surface area (Å²) in [6.45, 7) is 0.486. The predicted octanol–water partition coefficient (Wildman–Crippen LogP) is 2.45. The zero-order valence-electron chi connectivity index (χ0n) is 20.2. The number of anilines is 1. The van der Waals surface area contributed by atoms with Crippen LogP contribution in [0.4, 0.5) is 10.5 Å². The molecule has 2 heterocycles. The lowest BCUT2D eigenvalue weighted by atomic mass is 9.68. The SMILES string of the molecule is CN(C)C(=O)CN1C(=O)N(c2cnc(C#N)nc2)C[C@]12CC[C@](c1ccccc1)(N(C)C)CC2. The monoisotopic (exact) mass is 461 g/mol. The first kappa shape index (κ1) is 23.6. The number of rotatable bonds is 5. The van der Waals surface area contributed by atoms with E-state index in [1.807, 2.05) is 12.1 Å². The number of aromatic nitrogens is 2. The van der Waals surface area contributed by atoms with E-state index in [-0.39, 0.29) is 29.8 Å². The molecular formula is C25H31N7O2. The van der Waals surface area contributed by atoms with E-state index in [2.05, 4.69) is 53.2 Å². The van der Waals surface area contributed by atoms with Gasteiger partial charge in [0, 0.05) is 19.6 Å². The van der Waals surface area contributed by atoms with Crippen molar-refractivity contribution in [2.75, 3.05) is 46.2 Å². The Bertz CT molecular complexity index is 1080. The lowest BCUT2D eigenvalue weighted by Gasteiger charge is -2.51. The van der Waals surface area contributed by atoms with Crippen molar-refractivity contribution in [3.8, 4) is 6.07 Å². The number of urea groups is 1. The number of hydrogen-bond donors (Lipinski definition) is 0. The maximum atomic E-state index is 13.6. The van der Waals surface area contributed by atoms with Gasteiger partial charge in [0.1, 0.15) is 12.6 Å². The third-order valence-corrected chi connectivity index (χ3v) is 7.50. The first-order valence-corrected chi connectivity index (χ1v) is 11.5. The Labute approximate surface area is 200 Å². The largest absolute Gasteiger partial charge is 0.347 e. The molecule has 1 saturated heterocycles. The topological polar surface area (TPSA) is 96.7 Å². The molecular weight excluding hydrogens is 430 g/mol. The Morgan fingerprint density at radius 1 is 1.06 bits per heavy atom. The van der Waals surface area contributed by atoms with Crippen molar-refractivity contribution in [1.82, 2.24) is 24.7 Å². The van der Waals surface area contributed by atoms with Gasteiger partial charge in [-0.05, 0) is 45.3 Å². The van der Waals surface area contributed by atoms with Crippen LogP contribution in [0.1, 0.15) is 37.1 Å². The number of nitrogens with zero attached hydrogens (tertiary/aromatic N) is 7. The van der Waals surface area contributed by atoms with Crippen LogP contribution >= 0.6 is 0 Å². The Kier molecular flexibility index (Phi) is 6.28. The van der Waals surface area contributed by atoms with Crippen molar-refractivity contribution < 1.29 is 9.59 Å². The normalized spacial score (nSPS) is 24.5. The average molecular weight is 462 g/mol. The Hall–Kier alpha value is -3.51. The Morgan fingerprint density at radius 3 is 2.21 bits per heavy atom. The predicted molar refractivity (Wildman–Crippen MR) is 128 cm³/mol. The molecule has 1 aromatic carbocycles. The number of carbonyl (C=O) groups is 2. The third-order valence-electron chi connectivity index (χ3n) is 7.50. The molecule has 0 atom stereocenters. The van der Waals surface area contributed by atoms with E-state index in [4.69, 9.17) is 5.26 Å². The first-order valence-electron chi connectivity index (χ1n) is 11.5. The average Bonchev–Trinajstić information content (AvgIpc) is 3.11. The molecule has 0 bridgehead atoms. The van der Waals surface area contributed by atoms with Gasteiger partial charge in [-0.15, -0.1) is 0 Å². The second kappa shape index (κ2) is 9.03. The fourth-order valence-electron chi connectivity index (χ4n) is 5.33. The van der Waals surface area contributed by atoms with E-state index in [1.54, 1.807) is 23.9 Å². The van der Waals surface area contributed by atoms with Crippen LogP contribution in [0.2, 0.25) is 0 Å². The highest BCUT2D eigenvalue weighted by atomic mass is 16.2. The maximum Gasteiger partial charge on any atom is 0.325 e. The van der Waals surface area contributed by atoms with Gasteiger partial charge < -0.3 is 9.80 Å². The van der Waals surface area contributed by atoms with Crippen molar-refractivity contribution in [2.45, 2.75) is 36.8 Å². The zero-order chi connectivity index (χ0) is 24.5. The number of nitriles is 1. The Morgan fingerprint density at radius 2 is 1.68 bits per heavy atom. The van der Waals surface area contributed by atoms with Crippen LogP contribution < -0.4 is 4.90 Å². The lowest BCUT2D eigenvalue weighted by molar-refractivity contribution is -0.130. The molecule has 1 aliphatic carbocycles. The molecule has 1 saturated carbocycles. The van der Waals surface area contributed by atoms with Crippen molar-refractivity contribution in [1.29, 1.82) is 5.26 Å². The fraction of sp³-hybridized carbons (Fsp3) is 0.480. The molecule has 9 heteroatoms. The van der Waals surface area contributed by atoms with Gasteiger partial charge in [0.2, 0.25) is 11.7 Å². The summed E-state index contributed by atoms with van der Waals surface area (Å²) in [6, 6.07) is 12.2. The van der Waals surface area contributed by atoms with Crippen LogP contribution in [-0.2, 0) is 10.3 Å². The van der Waals surface area contributed by atoms with E-state index in [9.17, 15) is 9.59 Å². The smallest absolute Gasteiger partial charge is 0.325 e. The molecule has 0 unspecified atom stereocenters. The molecule has 34 heavy (non-hydrogen) atoms. The first-order chi connectivity index (χ1) is 16.2. The summed E-state index contributed by atoms with van der Waals surface area (Å²) in [4.78, 5) is 41.6. The van der Waals surface area contributed by atoms with E-state index < -0.39 is 5.54 Å². The van der Waals surface area contributed by atoms with Gasteiger partial charge in [-0.1, -0.05) is 30.3 Å². The van der Waals surface area contributed by atoms with Gasteiger partial charge in [-0.3, -0.25) is 14.6 Å². The molecule has 4 rings (SSSR count). The summed E-state index contributed by atoms with van der Waals surface area (Å²) < 4.78 is 0. The molecule has 2 aromatic rings. The lowest BCUT2D eigenvalue weighted by Crippen LogP contribution is -2.57. The summed E-state index contributed by atoms with van der Waals surface area (Å²) >= 11 is 0. The van der Waals surface area contributed by atoms with E-state index in [0.717, 1.165) is 25.7 Å². The quantitative estimate of drug-likeness (QED) is 0.679. The minimum atomic E-state index is -0.467. The number of likely N-dealkylation sites (N-methyl/N-ethyl adjacent to an activating group) is 1. The summed E-state index contributed by atoms with van der Waals surface area (Å²) in [5.74, 6) is -0.0563.